The third-order valence-electron chi connectivity index (χ3n) is 2.93. The average Bonchev–Trinajstić information content (AvgIpc) is 2.47. The molecule has 0 saturated heterocycles. The largest absolute Gasteiger partial charge is 0.497 e. The van der Waals surface area contributed by atoms with Gasteiger partial charge in [-0.05, 0) is 55.0 Å². The molecule has 0 heterocycles. The van der Waals surface area contributed by atoms with E-state index < -0.39 is 0 Å². The minimum atomic E-state index is -0.226. The van der Waals surface area contributed by atoms with Crippen molar-refractivity contribution in [3.05, 3.63) is 48.0 Å². The summed E-state index contributed by atoms with van der Waals surface area (Å²) in [7, 11) is 1.59. The zero-order chi connectivity index (χ0) is 15.2. The van der Waals surface area contributed by atoms with Gasteiger partial charge in [0.05, 0.1) is 7.11 Å². The van der Waals surface area contributed by atoms with Crippen molar-refractivity contribution in [2.75, 3.05) is 24.8 Å². The fraction of sp³-hybridized carbons (Fsp3) is 0.188. The molecule has 0 unspecified atom stereocenters. The van der Waals surface area contributed by atoms with Gasteiger partial charge in [0.1, 0.15) is 11.5 Å². The first kappa shape index (κ1) is 14.7. The fourth-order valence-electron chi connectivity index (χ4n) is 1.85. The molecular formula is C16H18N2O3. The summed E-state index contributed by atoms with van der Waals surface area (Å²) in [6.45, 7) is 1.82. The lowest BCUT2D eigenvalue weighted by atomic mass is 10.2. The van der Waals surface area contributed by atoms with Crippen LogP contribution in [0.2, 0.25) is 0 Å². The van der Waals surface area contributed by atoms with Crippen LogP contribution in [0.3, 0.4) is 0 Å². The van der Waals surface area contributed by atoms with Crippen LogP contribution in [-0.2, 0) is 4.79 Å². The van der Waals surface area contributed by atoms with Crippen molar-refractivity contribution in [2.24, 2.45) is 0 Å². The Kier molecular flexibility index (Phi) is 4.66. The molecule has 1 amide bonds. The molecule has 21 heavy (non-hydrogen) atoms. The van der Waals surface area contributed by atoms with Crippen LogP contribution in [0.4, 0.5) is 11.4 Å². The normalized spacial score (nSPS) is 10.0. The maximum Gasteiger partial charge on any atom is 0.262 e. The number of nitrogens with one attached hydrogen (secondary N) is 1. The van der Waals surface area contributed by atoms with Crippen molar-refractivity contribution >= 4 is 17.3 Å². The highest BCUT2D eigenvalue weighted by Crippen LogP contribution is 2.20. The number of hydrogen-bond donors (Lipinski definition) is 2. The zero-order valence-electron chi connectivity index (χ0n) is 12.1. The number of nitrogens with two attached hydrogens (primary N) is 1. The predicted molar refractivity (Wildman–Crippen MR) is 82.7 cm³/mol. The Morgan fingerprint density at radius 3 is 2.52 bits per heavy atom. The first-order valence-electron chi connectivity index (χ1n) is 6.51. The van der Waals surface area contributed by atoms with E-state index in [9.17, 15) is 4.79 Å². The zero-order valence-corrected chi connectivity index (χ0v) is 12.1. The Morgan fingerprint density at radius 2 is 1.90 bits per heavy atom. The van der Waals surface area contributed by atoms with Crippen LogP contribution in [0, 0.1) is 6.92 Å². The van der Waals surface area contributed by atoms with Gasteiger partial charge in [-0.1, -0.05) is 0 Å². The van der Waals surface area contributed by atoms with Crippen molar-refractivity contribution in [3.63, 3.8) is 0 Å². The van der Waals surface area contributed by atoms with Crippen molar-refractivity contribution in [1.82, 2.24) is 0 Å². The molecule has 0 aliphatic rings. The second kappa shape index (κ2) is 6.65. The van der Waals surface area contributed by atoms with Gasteiger partial charge >= 0.3 is 0 Å². The molecule has 0 aromatic heterocycles. The Balaban J connectivity index is 1.89. The van der Waals surface area contributed by atoms with Crippen LogP contribution >= 0.6 is 0 Å². The van der Waals surface area contributed by atoms with Crippen LogP contribution in [-0.4, -0.2) is 19.6 Å². The van der Waals surface area contributed by atoms with Crippen molar-refractivity contribution in [2.45, 2.75) is 6.92 Å². The molecule has 110 valence electrons. The summed E-state index contributed by atoms with van der Waals surface area (Å²) in [4.78, 5) is 11.8. The van der Waals surface area contributed by atoms with Gasteiger partial charge in [-0.15, -0.1) is 0 Å². The van der Waals surface area contributed by atoms with Gasteiger partial charge in [-0.3, -0.25) is 4.79 Å². The van der Waals surface area contributed by atoms with E-state index in [4.69, 9.17) is 15.2 Å². The monoisotopic (exact) mass is 286 g/mol. The molecule has 0 fully saturated rings. The summed E-state index contributed by atoms with van der Waals surface area (Å²) in [5.41, 5.74) is 7.92. The summed E-state index contributed by atoms with van der Waals surface area (Å²) in [6.07, 6.45) is 0. The fourth-order valence-corrected chi connectivity index (χ4v) is 1.85. The molecule has 0 aliphatic heterocycles. The van der Waals surface area contributed by atoms with Gasteiger partial charge in [0.15, 0.2) is 6.61 Å². The third-order valence-corrected chi connectivity index (χ3v) is 2.93. The lowest BCUT2D eigenvalue weighted by molar-refractivity contribution is -0.118. The average molecular weight is 286 g/mol. The SMILES string of the molecule is COc1ccc(NC(=O)COc2ccc(N)cc2C)cc1. The highest BCUT2D eigenvalue weighted by Gasteiger charge is 2.06. The molecule has 5 nitrogen and oxygen atoms in total. The van der Waals surface area contributed by atoms with E-state index in [-0.39, 0.29) is 12.5 Å². The number of nitrogen functional groups attached to an aromatic ring is 1. The van der Waals surface area contributed by atoms with Gasteiger partial charge in [-0.25, -0.2) is 0 Å². The number of ether oxygens (including phenoxy) is 2. The van der Waals surface area contributed by atoms with Gasteiger partial charge in [-0.2, -0.15) is 0 Å². The molecule has 0 saturated carbocycles. The number of benzene rings is 2. The Morgan fingerprint density at radius 1 is 1.19 bits per heavy atom. The number of anilines is 2. The Bertz CT molecular complexity index is 624. The summed E-state index contributed by atoms with van der Waals surface area (Å²) in [5, 5.41) is 2.75. The van der Waals surface area contributed by atoms with E-state index >= 15 is 0 Å². The van der Waals surface area contributed by atoms with Crippen LogP contribution in [0.1, 0.15) is 5.56 Å². The van der Waals surface area contributed by atoms with E-state index in [1.54, 1.807) is 49.6 Å². The van der Waals surface area contributed by atoms with Gasteiger partial charge in [0.25, 0.3) is 5.91 Å². The van der Waals surface area contributed by atoms with Crippen LogP contribution in [0.25, 0.3) is 0 Å². The molecule has 0 radical (unpaired) electrons. The van der Waals surface area contributed by atoms with Crippen molar-refractivity contribution < 1.29 is 14.3 Å². The molecule has 0 aliphatic carbocycles. The molecular weight excluding hydrogens is 268 g/mol. The summed E-state index contributed by atoms with van der Waals surface area (Å²) in [5.74, 6) is 1.16. The Labute approximate surface area is 123 Å². The second-order valence-electron chi connectivity index (χ2n) is 4.59. The number of methoxy groups -OCH3 is 1. The molecule has 3 N–H and O–H groups in total. The van der Waals surface area contributed by atoms with Gasteiger partial charge in [0, 0.05) is 11.4 Å². The number of rotatable bonds is 5. The van der Waals surface area contributed by atoms with E-state index in [1.807, 2.05) is 6.92 Å². The number of amides is 1. The van der Waals surface area contributed by atoms with Crippen molar-refractivity contribution in [3.8, 4) is 11.5 Å². The minimum absolute atomic E-state index is 0.0587. The van der Waals surface area contributed by atoms with Crippen LogP contribution in [0.15, 0.2) is 42.5 Å². The molecule has 5 heteroatoms. The lowest BCUT2D eigenvalue weighted by Crippen LogP contribution is -2.20. The summed E-state index contributed by atoms with van der Waals surface area (Å²) in [6, 6.07) is 12.4. The maximum atomic E-state index is 11.8. The van der Waals surface area contributed by atoms with Crippen LogP contribution < -0.4 is 20.5 Å². The first-order valence-corrected chi connectivity index (χ1v) is 6.51. The van der Waals surface area contributed by atoms with E-state index in [0.717, 1.165) is 11.3 Å². The smallest absolute Gasteiger partial charge is 0.262 e. The third kappa shape index (κ3) is 4.14. The molecule has 2 rings (SSSR count). The molecule has 2 aromatic carbocycles. The summed E-state index contributed by atoms with van der Waals surface area (Å²) < 4.78 is 10.5. The summed E-state index contributed by atoms with van der Waals surface area (Å²) >= 11 is 0. The number of aryl methyl sites for hydroxylation is 1. The maximum absolute atomic E-state index is 11.8. The van der Waals surface area contributed by atoms with Gasteiger partial charge in [0.2, 0.25) is 0 Å². The highest BCUT2D eigenvalue weighted by atomic mass is 16.5. The molecule has 0 bridgehead atoms. The number of carbonyl (C=O) groups excluding carboxylic acids is 1. The van der Waals surface area contributed by atoms with E-state index in [1.165, 1.54) is 0 Å². The highest BCUT2D eigenvalue weighted by molar-refractivity contribution is 5.91. The van der Waals surface area contributed by atoms with Crippen LogP contribution in [0.5, 0.6) is 11.5 Å². The first-order chi connectivity index (χ1) is 10.1. The molecule has 0 atom stereocenters. The van der Waals surface area contributed by atoms with E-state index in [0.29, 0.717) is 17.1 Å². The minimum Gasteiger partial charge on any atom is -0.497 e. The number of carbonyl (C=O) groups is 1. The van der Waals surface area contributed by atoms with Crippen molar-refractivity contribution in [1.29, 1.82) is 0 Å². The quantitative estimate of drug-likeness (QED) is 0.829. The second-order valence-corrected chi connectivity index (χ2v) is 4.59. The molecule has 0 spiro atoms. The molecule has 2 aromatic rings. The van der Waals surface area contributed by atoms with E-state index in [2.05, 4.69) is 5.32 Å². The number of hydrogen-bond acceptors (Lipinski definition) is 4. The van der Waals surface area contributed by atoms with Gasteiger partial charge < -0.3 is 20.5 Å². The predicted octanol–water partition coefficient (Wildman–Crippen LogP) is 2.60. The topological polar surface area (TPSA) is 73.6 Å². The Hall–Kier alpha value is -2.69. The standard InChI is InChI=1S/C16H18N2O3/c1-11-9-12(17)3-8-15(11)21-10-16(19)18-13-4-6-14(20-2)7-5-13/h3-9H,10,17H2,1-2H3,(H,18,19). The lowest BCUT2D eigenvalue weighted by Gasteiger charge is -2.10.